The lowest BCUT2D eigenvalue weighted by Crippen LogP contribution is -2.41. The highest BCUT2D eigenvalue weighted by molar-refractivity contribution is 6.67. The van der Waals surface area contributed by atoms with Crippen LogP contribution in [-0.4, -0.2) is 73.9 Å². The van der Waals surface area contributed by atoms with Crippen LogP contribution in [0.5, 0.6) is 0 Å². The molecule has 0 fully saturated rings. The second-order valence-corrected chi connectivity index (χ2v) is 8.77. The summed E-state index contributed by atoms with van der Waals surface area (Å²) in [7, 11) is 10.1. The molecule has 0 amide bonds. The Morgan fingerprint density at radius 1 is 0.765 bits per heavy atom. The van der Waals surface area contributed by atoms with Gasteiger partial charge in [0, 0.05) is 14.2 Å². The van der Waals surface area contributed by atoms with E-state index >= 15 is 0 Å². The first-order valence-corrected chi connectivity index (χ1v) is 8.58. The lowest BCUT2D eigenvalue weighted by molar-refractivity contribution is 0.235. The molecule has 0 spiro atoms. The van der Waals surface area contributed by atoms with Crippen molar-refractivity contribution in [1.82, 2.24) is 9.80 Å². The maximum atomic E-state index is 5.73. The molecule has 0 aliphatic heterocycles. The topological polar surface area (TPSA) is 24.9 Å². The van der Waals surface area contributed by atoms with Crippen molar-refractivity contribution in [2.45, 2.75) is 24.9 Å². The Labute approximate surface area is 108 Å². The molecule has 0 aliphatic rings. The van der Waals surface area contributed by atoms with Crippen molar-refractivity contribution in [1.29, 1.82) is 0 Å². The number of nitrogens with zero attached hydrogens (tertiary/aromatic N) is 2. The summed E-state index contributed by atoms with van der Waals surface area (Å²) in [4.78, 5) is 4.43. The Kier molecular flexibility index (Phi) is 9.08. The maximum Gasteiger partial charge on any atom is 0.337 e. The highest BCUT2D eigenvalue weighted by Crippen LogP contribution is 2.21. The van der Waals surface area contributed by atoms with E-state index in [1.807, 2.05) is 0 Å². The van der Waals surface area contributed by atoms with Gasteiger partial charge in [0.05, 0.1) is 0 Å². The third-order valence-electron chi connectivity index (χ3n) is 3.07. The molecule has 0 aliphatic carbocycles. The van der Waals surface area contributed by atoms with Gasteiger partial charge in [-0.3, -0.25) is 0 Å². The van der Waals surface area contributed by atoms with Crippen LogP contribution in [0.15, 0.2) is 0 Å². The highest BCUT2D eigenvalue weighted by atomic mass is 28.4. The minimum Gasteiger partial charge on any atom is -0.398 e. The first kappa shape index (κ1) is 17.1. The molecule has 5 heteroatoms. The van der Waals surface area contributed by atoms with E-state index in [2.05, 4.69) is 38.0 Å². The molecule has 0 atom stereocenters. The molecule has 0 aromatic rings. The molecule has 0 unspecified atom stereocenters. The van der Waals surface area contributed by atoms with E-state index < -0.39 is 8.56 Å². The van der Waals surface area contributed by atoms with Crippen molar-refractivity contribution >= 4 is 8.56 Å². The zero-order chi connectivity index (χ0) is 13.3. The van der Waals surface area contributed by atoms with E-state index in [1.54, 1.807) is 14.2 Å². The van der Waals surface area contributed by atoms with Gasteiger partial charge in [-0.05, 0) is 66.2 Å². The number of hydrogen-bond donors (Lipinski definition) is 0. The van der Waals surface area contributed by atoms with Crippen LogP contribution in [0.3, 0.4) is 0 Å². The first-order chi connectivity index (χ1) is 7.95. The van der Waals surface area contributed by atoms with Gasteiger partial charge in [-0.25, -0.2) is 0 Å². The zero-order valence-corrected chi connectivity index (χ0v) is 13.5. The Morgan fingerprint density at radius 3 is 1.35 bits per heavy atom. The normalized spacial score (nSPS) is 12.7. The highest BCUT2D eigenvalue weighted by Gasteiger charge is 2.34. The average Bonchev–Trinajstić information content (AvgIpc) is 2.26. The van der Waals surface area contributed by atoms with Crippen molar-refractivity contribution in [3.8, 4) is 0 Å². The summed E-state index contributed by atoms with van der Waals surface area (Å²) < 4.78 is 11.5. The van der Waals surface area contributed by atoms with Crippen molar-refractivity contribution in [2.75, 3.05) is 55.5 Å². The van der Waals surface area contributed by atoms with Gasteiger partial charge in [0.2, 0.25) is 0 Å². The van der Waals surface area contributed by atoms with Gasteiger partial charge in [0.25, 0.3) is 0 Å². The van der Waals surface area contributed by atoms with Crippen molar-refractivity contribution < 1.29 is 8.85 Å². The molecule has 0 saturated carbocycles. The van der Waals surface area contributed by atoms with Gasteiger partial charge in [-0.15, -0.1) is 0 Å². The van der Waals surface area contributed by atoms with E-state index in [9.17, 15) is 0 Å². The molecule has 0 saturated heterocycles. The SMILES string of the molecule is CO[Si](CCCN(C)C)(CCCN(C)C)OC. The van der Waals surface area contributed by atoms with Crippen LogP contribution < -0.4 is 0 Å². The third-order valence-corrected chi connectivity index (χ3v) is 6.79. The summed E-state index contributed by atoms with van der Waals surface area (Å²) in [5.41, 5.74) is 0. The van der Waals surface area contributed by atoms with Gasteiger partial charge in [-0.2, -0.15) is 0 Å². The molecule has 0 N–H and O–H groups in total. The Hall–Kier alpha value is 0.0569. The standard InChI is InChI=1S/C12H30N2O2Si/c1-13(2)9-7-11-17(15-5,16-6)12-8-10-14(3)4/h7-12H2,1-6H3. The van der Waals surface area contributed by atoms with Crippen LogP contribution in [0.1, 0.15) is 12.8 Å². The Balaban J connectivity index is 4.06. The van der Waals surface area contributed by atoms with E-state index in [4.69, 9.17) is 8.85 Å². The lowest BCUT2D eigenvalue weighted by Gasteiger charge is -2.28. The summed E-state index contributed by atoms with van der Waals surface area (Å²) >= 11 is 0. The van der Waals surface area contributed by atoms with Crippen molar-refractivity contribution in [3.05, 3.63) is 0 Å². The molecule has 0 heterocycles. The molecular weight excluding hydrogens is 232 g/mol. The molecule has 104 valence electrons. The van der Waals surface area contributed by atoms with E-state index in [1.165, 1.54) is 0 Å². The molecule has 4 nitrogen and oxygen atoms in total. The summed E-state index contributed by atoms with van der Waals surface area (Å²) in [6.45, 7) is 2.21. The molecule has 0 aromatic heterocycles. The van der Waals surface area contributed by atoms with Gasteiger partial charge in [-0.1, -0.05) is 0 Å². The summed E-state index contributed by atoms with van der Waals surface area (Å²) in [6, 6.07) is 2.18. The lowest BCUT2D eigenvalue weighted by atomic mass is 10.4. The van der Waals surface area contributed by atoms with E-state index in [-0.39, 0.29) is 0 Å². The maximum absolute atomic E-state index is 5.73. The predicted octanol–water partition coefficient (Wildman–Crippen LogP) is 1.62. The summed E-state index contributed by atoms with van der Waals surface area (Å²) in [5, 5.41) is 0. The fourth-order valence-corrected chi connectivity index (χ4v) is 4.57. The zero-order valence-electron chi connectivity index (χ0n) is 12.5. The quantitative estimate of drug-likeness (QED) is 0.559. The smallest absolute Gasteiger partial charge is 0.337 e. The van der Waals surface area contributed by atoms with Crippen LogP contribution in [0.25, 0.3) is 0 Å². The van der Waals surface area contributed by atoms with Crippen LogP contribution in [0.2, 0.25) is 12.1 Å². The molecular formula is C12H30N2O2Si. The predicted molar refractivity (Wildman–Crippen MR) is 75.7 cm³/mol. The third kappa shape index (κ3) is 7.89. The summed E-state index contributed by atoms with van der Waals surface area (Å²) in [5.74, 6) is 0. The molecule has 0 aromatic carbocycles. The van der Waals surface area contributed by atoms with Crippen molar-refractivity contribution in [3.63, 3.8) is 0 Å². The van der Waals surface area contributed by atoms with Crippen LogP contribution >= 0.6 is 0 Å². The molecule has 0 radical (unpaired) electrons. The van der Waals surface area contributed by atoms with Gasteiger partial charge in [0.1, 0.15) is 0 Å². The largest absolute Gasteiger partial charge is 0.398 e. The van der Waals surface area contributed by atoms with Gasteiger partial charge < -0.3 is 18.7 Å². The molecule has 17 heavy (non-hydrogen) atoms. The molecule has 0 rings (SSSR count). The molecule has 0 bridgehead atoms. The minimum absolute atomic E-state index is 1.09. The fraction of sp³-hybridized carbons (Fsp3) is 1.00. The Morgan fingerprint density at radius 2 is 1.12 bits per heavy atom. The van der Waals surface area contributed by atoms with E-state index in [0.29, 0.717) is 0 Å². The van der Waals surface area contributed by atoms with Crippen molar-refractivity contribution in [2.24, 2.45) is 0 Å². The van der Waals surface area contributed by atoms with Crippen LogP contribution in [-0.2, 0) is 8.85 Å². The fourth-order valence-electron chi connectivity index (χ4n) is 1.95. The second-order valence-electron chi connectivity index (χ2n) is 5.13. The average molecular weight is 262 g/mol. The van der Waals surface area contributed by atoms with Crippen LogP contribution in [0.4, 0.5) is 0 Å². The monoisotopic (exact) mass is 262 g/mol. The van der Waals surface area contributed by atoms with Gasteiger partial charge in [0.15, 0.2) is 0 Å². The van der Waals surface area contributed by atoms with E-state index in [0.717, 1.165) is 38.0 Å². The minimum atomic E-state index is -1.93. The number of hydrogen-bond acceptors (Lipinski definition) is 4. The van der Waals surface area contributed by atoms with Crippen LogP contribution in [0, 0.1) is 0 Å². The van der Waals surface area contributed by atoms with Gasteiger partial charge >= 0.3 is 8.56 Å². The second kappa shape index (κ2) is 9.05. The summed E-state index contributed by atoms with van der Waals surface area (Å²) in [6.07, 6.45) is 2.31. The number of rotatable bonds is 10. The Bertz CT molecular complexity index is 169. The first-order valence-electron chi connectivity index (χ1n) is 6.35.